The molecule has 102 valence electrons. The summed E-state index contributed by atoms with van der Waals surface area (Å²) < 4.78 is 0. The highest BCUT2D eigenvalue weighted by Crippen LogP contribution is 2.29. The number of benzene rings is 1. The van der Waals surface area contributed by atoms with Crippen molar-refractivity contribution < 1.29 is 4.79 Å². The van der Waals surface area contributed by atoms with Crippen molar-refractivity contribution in [2.75, 3.05) is 35.2 Å². The normalized spacial score (nSPS) is 23.4. The highest BCUT2D eigenvalue weighted by molar-refractivity contribution is 7.80. The molecule has 2 saturated heterocycles. The van der Waals surface area contributed by atoms with Crippen LogP contribution in [0.4, 0.5) is 11.4 Å². The van der Waals surface area contributed by atoms with E-state index in [0.717, 1.165) is 31.1 Å². The third kappa shape index (κ3) is 2.59. The number of carbonyl (C=O) groups excluding carboxylic acids is 1. The molecule has 0 bridgehead atoms. The van der Waals surface area contributed by atoms with Crippen LogP contribution in [-0.4, -0.2) is 31.3 Å². The summed E-state index contributed by atoms with van der Waals surface area (Å²) in [6.45, 7) is 3.08. The Balaban J connectivity index is 1.81. The predicted molar refractivity (Wildman–Crippen MR) is 82.2 cm³/mol. The zero-order valence-corrected chi connectivity index (χ0v) is 12.0. The minimum atomic E-state index is 0.234. The zero-order valence-electron chi connectivity index (χ0n) is 11.1. The lowest BCUT2D eigenvalue weighted by molar-refractivity contribution is -0.117. The summed E-state index contributed by atoms with van der Waals surface area (Å²) in [6, 6.07) is 8.40. The van der Waals surface area contributed by atoms with Crippen molar-refractivity contribution in [1.29, 1.82) is 0 Å². The number of anilines is 2. The van der Waals surface area contributed by atoms with Crippen molar-refractivity contribution in [2.24, 2.45) is 5.92 Å². The molecule has 0 spiro atoms. The van der Waals surface area contributed by atoms with Crippen LogP contribution in [-0.2, 0) is 4.79 Å². The fourth-order valence-corrected chi connectivity index (χ4v) is 3.23. The Hall–Kier alpha value is -1.16. The van der Waals surface area contributed by atoms with Crippen LogP contribution in [0.15, 0.2) is 24.3 Å². The van der Waals surface area contributed by atoms with Crippen LogP contribution in [0.25, 0.3) is 0 Å². The van der Waals surface area contributed by atoms with E-state index >= 15 is 0 Å². The fourth-order valence-electron chi connectivity index (χ4n) is 2.99. The molecule has 19 heavy (non-hydrogen) atoms. The van der Waals surface area contributed by atoms with Gasteiger partial charge in [0.25, 0.3) is 0 Å². The van der Waals surface area contributed by atoms with E-state index in [1.165, 1.54) is 18.5 Å². The number of nitrogens with zero attached hydrogens (tertiary/aromatic N) is 2. The third-order valence-electron chi connectivity index (χ3n) is 4.08. The molecule has 0 aromatic heterocycles. The molecule has 1 unspecified atom stereocenters. The molecular weight excluding hydrogens is 256 g/mol. The quantitative estimate of drug-likeness (QED) is 0.858. The number of thiol groups is 1. The number of rotatable bonds is 3. The molecule has 3 nitrogen and oxygen atoms in total. The van der Waals surface area contributed by atoms with Gasteiger partial charge in [-0.25, -0.2) is 0 Å². The molecule has 0 N–H and O–H groups in total. The van der Waals surface area contributed by atoms with Gasteiger partial charge >= 0.3 is 0 Å². The Kier molecular flexibility index (Phi) is 3.69. The maximum absolute atomic E-state index is 12.1. The summed E-state index contributed by atoms with van der Waals surface area (Å²) in [5.74, 6) is 1.41. The average Bonchev–Trinajstić information content (AvgIpc) is 3.08. The second kappa shape index (κ2) is 5.45. The first-order chi connectivity index (χ1) is 9.28. The second-order valence-corrected chi connectivity index (χ2v) is 5.84. The highest BCUT2D eigenvalue weighted by atomic mass is 32.1. The Bertz CT molecular complexity index is 471. The van der Waals surface area contributed by atoms with E-state index in [0.29, 0.717) is 12.3 Å². The van der Waals surface area contributed by atoms with Gasteiger partial charge in [0.2, 0.25) is 5.91 Å². The molecule has 2 aliphatic heterocycles. The first-order valence-corrected chi connectivity index (χ1v) is 7.67. The van der Waals surface area contributed by atoms with Crippen LogP contribution in [0.3, 0.4) is 0 Å². The lowest BCUT2D eigenvalue weighted by Gasteiger charge is -2.22. The van der Waals surface area contributed by atoms with E-state index < -0.39 is 0 Å². The second-order valence-electron chi connectivity index (χ2n) is 5.47. The van der Waals surface area contributed by atoms with Crippen LogP contribution in [0.5, 0.6) is 0 Å². The molecule has 3 rings (SSSR count). The number of hydrogen-bond acceptors (Lipinski definition) is 3. The Morgan fingerprint density at radius 2 is 1.95 bits per heavy atom. The molecule has 2 heterocycles. The minimum absolute atomic E-state index is 0.234. The van der Waals surface area contributed by atoms with Gasteiger partial charge in [-0.3, -0.25) is 4.79 Å². The van der Waals surface area contributed by atoms with Crippen molar-refractivity contribution >= 4 is 29.9 Å². The van der Waals surface area contributed by atoms with Crippen molar-refractivity contribution in [2.45, 2.75) is 19.3 Å². The van der Waals surface area contributed by atoms with Crippen molar-refractivity contribution in [3.05, 3.63) is 24.3 Å². The molecule has 4 heteroatoms. The zero-order chi connectivity index (χ0) is 13.2. The fraction of sp³-hybridized carbons (Fsp3) is 0.533. The number of amides is 1. The standard InChI is InChI=1S/C15H20N2OS/c18-15-8-12(11-19)10-17(15)14-5-3-4-13(9-14)16-6-1-2-7-16/h3-5,9,12,19H,1-2,6-8,10-11H2. The molecular formula is C15H20N2OS. The van der Waals surface area contributed by atoms with Gasteiger partial charge in [-0.15, -0.1) is 0 Å². The van der Waals surface area contributed by atoms with Gasteiger partial charge < -0.3 is 9.80 Å². The monoisotopic (exact) mass is 276 g/mol. The van der Waals surface area contributed by atoms with Gasteiger partial charge in [0.05, 0.1) is 0 Å². The Morgan fingerprint density at radius 1 is 1.21 bits per heavy atom. The van der Waals surface area contributed by atoms with E-state index in [1.54, 1.807) is 0 Å². The molecule has 0 saturated carbocycles. The van der Waals surface area contributed by atoms with Crippen LogP contribution >= 0.6 is 12.6 Å². The molecule has 1 aromatic carbocycles. The number of carbonyl (C=O) groups is 1. The first kappa shape index (κ1) is 12.9. The average molecular weight is 276 g/mol. The Labute approximate surface area is 120 Å². The summed E-state index contributed by atoms with van der Waals surface area (Å²) >= 11 is 4.31. The van der Waals surface area contributed by atoms with Crippen LogP contribution in [0, 0.1) is 5.92 Å². The maximum atomic E-state index is 12.1. The number of hydrogen-bond donors (Lipinski definition) is 1. The smallest absolute Gasteiger partial charge is 0.227 e. The van der Waals surface area contributed by atoms with Crippen LogP contribution in [0.2, 0.25) is 0 Å². The van der Waals surface area contributed by atoms with Gasteiger partial charge in [0, 0.05) is 37.4 Å². The summed E-state index contributed by atoms with van der Waals surface area (Å²) in [4.78, 5) is 16.4. The topological polar surface area (TPSA) is 23.6 Å². The van der Waals surface area contributed by atoms with Crippen LogP contribution in [0.1, 0.15) is 19.3 Å². The molecule has 0 aliphatic carbocycles. The van der Waals surface area contributed by atoms with Crippen molar-refractivity contribution in [3.63, 3.8) is 0 Å². The van der Waals surface area contributed by atoms with E-state index in [1.807, 2.05) is 11.0 Å². The van der Waals surface area contributed by atoms with E-state index in [2.05, 4.69) is 35.7 Å². The minimum Gasteiger partial charge on any atom is -0.371 e. The maximum Gasteiger partial charge on any atom is 0.227 e. The highest BCUT2D eigenvalue weighted by Gasteiger charge is 2.29. The van der Waals surface area contributed by atoms with E-state index in [9.17, 15) is 4.79 Å². The third-order valence-corrected chi connectivity index (χ3v) is 4.59. The lowest BCUT2D eigenvalue weighted by atomic mass is 10.1. The largest absolute Gasteiger partial charge is 0.371 e. The molecule has 2 fully saturated rings. The molecule has 0 radical (unpaired) electrons. The van der Waals surface area contributed by atoms with Crippen molar-refractivity contribution in [1.82, 2.24) is 0 Å². The van der Waals surface area contributed by atoms with Gasteiger partial charge in [0.1, 0.15) is 0 Å². The summed E-state index contributed by atoms with van der Waals surface area (Å²) in [6.07, 6.45) is 3.18. The van der Waals surface area contributed by atoms with Gasteiger partial charge in [-0.1, -0.05) is 6.07 Å². The molecule has 1 amide bonds. The van der Waals surface area contributed by atoms with Gasteiger partial charge in [0.15, 0.2) is 0 Å². The summed E-state index contributed by atoms with van der Waals surface area (Å²) in [7, 11) is 0. The Morgan fingerprint density at radius 3 is 2.63 bits per heavy atom. The predicted octanol–water partition coefficient (Wildman–Crippen LogP) is 2.57. The molecule has 1 atom stereocenters. The lowest BCUT2D eigenvalue weighted by Crippen LogP contribution is -2.25. The van der Waals surface area contributed by atoms with Gasteiger partial charge in [-0.2, -0.15) is 12.6 Å². The SMILES string of the molecule is O=C1CC(CS)CN1c1cccc(N2CCCC2)c1. The van der Waals surface area contributed by atoms with E-state index in [4.69, 9.17) is 0 Å². The van der Waals surface area contributed by atoms with Crippen molar-refractivity contribution in [3.8, 4) is 0 Å². The summed E-state index contributed by atoms with van der Waals surface area (Å²) in [5, 5.41) is 0. The van der Waals surface area contributed by atoms with Gasteiger partial charge in [-0.05, 0) is 42.7 Å². The summed E-state index contributed by atoms with van der Waals surface area (Å²) in [5.41, 5.74) is 2.29. The van der Waals surface area contributed by atoms with Crippen LogP contribution < -0.4 is 9.80 Å². The molecule has 2 aliphatic rings. The molecule has 1 aromatic rings. The van der Waals surface area contributed by atoms with E-state index in [-0.39, 0.29) is 5.91 Å². The first-order valence-electron chi connectivity index (χ1n) is 7.04.